The van der Waals surface area contributed by atoms with Gasteiger partial charge in [-0.25, -0.2) is 0 Å². The Morgan fingerprint density at radius 2 is 0.463 bits per heavy atom. The van der Waals surface area contributed by atoms with Gasteiger partial charge >= 0.3 is 0 Å². The first kappa shape index (κ1) is 41.0. The summed E-state index contributed by atoms with van der Waals surface area (Å²) in [6.45, 7) is 7.84. The lowest BCUT2D eigenvalue weighted by Gasteiger charge is -2.35. The number of nitrogens with two attached hydrogens (primary N) is 1. The maximum Gasteiger partial charge on any atom is -0.00771 e. The Balaban J connectivity index is 4.47. The molecule has 41 heavy (non-hydrogen) atoms. The van der Waals surface area contributed by atoms with Crippen LogP contribution in [0.3, 0.4) is 0 Å². The monoisotopic (exact) mass is 578 g/mol. The van der Waals surface area contributed by atoms with Gasteiger partial charge in [-0.2, -0.15) is 0 Å². The molecule has 0 aliphatic rings. The molecule has 0 rings (SSSR count). The molecule has 0 saturated carbocycles. The van der Waals surface area contributed by atoms with Gasteiger partial charge in [0.2, 0.25) is 0 Å². The van der Waals surface area contributed by atoms with Gasteiger partial charge in [0.1, 0.15) is 0 Å². The molecule has 0 heterocycles. The van der Waals surface area contributed by atoms with E-state index in [0.717, 1.165) is 6.54 Å². The van der Waals surface area contributed by atoms with Crippen LogP contribution < -0.4 is 5.73 Å². The minimum atomic E-state index is 0.597. The molecule has 0 atom stereocenters. The summed E-state index contributed by atoms with van der Waals surface area (Å²) in [4.78, 5) is 0. The maximum atomic E-state index is 6.10. The molecule has 2 N–H and O–H groups in total. The lowest BCUT2D eigenvalue weighted by molar-refractivity contribution is 0.174. The van der Waals surface area contributed by atoms with Crippen LogP contribution in [0, 0.1) is 5.41 Å². The highest BCUT2D eigenvalue weighted by Gasteiger charge is 2.28. The molecule has 0 fully saturated rings. The van der Waals surface area contributed by atoms with Crippen molar-refractivity contribution in [1.29, 1.82) is 0 Å². The third-order valence-corrected chi connectivity index (χ3v) is 10.1. The van der Waals surface area contributed by atoms with Crippen LogP contribution in [0.5, 0.6) is 0 Å². The van der Waals surface area contributed by atoms with Gasteiger partial charge in [-0.15, -0.1) is 0 Å². The highest BCUT2D eigenvalue weighted by molar-refractivity contribution is 4.80. The van der Waals surface area contributed by atoms with E-state index in [-0.39, 0.29) is 0 Å². The Morgan fingerprint density at radius 3 is 0.683 bits per heavy atom. The van der Waals surface area contributed by atoms with Gasteiger partial charge in [0.15, 0.2) is 0 Å². The largest absolute Gasteiger partial charge is 0.330 e. The van der Waals surface area contributed by atoms with Crippen LogP contribution in [0.2, 0.25) is 0 Å². The van der Waals surface area contributed by atoms with Crippen LogP contribution >= 0.6 is 0 Å². The summed E-state index contributed by atoms with van der Waals surface area (Å²) in [6.07, 6.45) is 50.7. The highest BCUT2D eigenvalue weighted by atomic mass is 14.5. The van der Waals surface area contributed by atoms with E-state index in [2.05, 4.69) is 20.8 Å². The van der Waals surface area contributed by atoms with Crippen molar-refractivity contribution in [2.45, 2.75) is 245 Å². The average Bonchev–Trinajstić information content (AvgIpc) is 2.98. The normalized spacial score (nSPS) is 12.0. The Morgan fingerprint density at radius 1 is 0.268 bits per heavy atom. The van der Waals surface area contributed by atoms with E-state index in [1.165, 1.54) is 225 Å². The van der Waals surface area contributed by atoms with E-state index in [1.54, 1.807) is 0 Å². The van der Waals surface area contributed by atoms with E-state index in [4.69, 9.17) is 5.73 Å². The lowest BCUT2D eigenvalue weighted by Crippen LogP contribution is -2.23. The molecule has 0 aromatic heterocycles. The van der Waals surface area contributed by atoms with Crippen molar-refractivity contribution in [3.8, 4) is 0 Å². The van der Waals surface area contributed by atoms with Gasteiger partial charge in [0, 0.05) is 0 Å². The molecule has 0 aliphatic carbocycles. The minimum absolute atomic E-state index is 0.597. The Kier molecular flexibility index (Phi) is 34.4. The van der Waals surface area contributed by atoms with Gasteiger partial charge in [-0.1, -0.05) is 213 Å². The Hall–Kier alpha value is -0.0400. The second-order valence-electron chi connectivity index (χ2n) is 14.2. The third-order valence-electron chi connectivity index (χ3n) is 10.1. The van der Waals surface area contributed by atoms with Crippen LogP contribution in [0.1, 0.15) is 245 Å². The maximum absolute atomic E-state index is 6.10. The number of hydrogen-bond donors (Lipinski definition) is 1. The van der Waals surface area contributed by atoms with Crippen molar-refractivity contribution in [3.05, 3.63) is 0 Å². The van der Waals surface area contributed by atoms with Crippen LogP contribution in [-0.4, -0.2) is 6.54 Å². The molecule has 0 spiro atoms. The van der Waals surface area contributed by atoms with E-state index < -0.39 is 0 Å². The van der Waals surface area contributed by atoms with Gasteiger partial charge in [0.25, 0.3) is 0 Å². The zero-order chi connectivity index (χ0) is 30.0. The summed E-state index contributed by atoms with van der Waals surface area (Å²) in [7, 11) is 0. The molecule has 0 radical (unpaired) electrons. The summed E-state index contributed by atoms with van der Waals surface area (Å²) in [6, 6.07) is 0. The van der Waals surface area contributed by atoms with E-state index in [1.807, 2.05) is 0 Å². The fourth-order valence-electron chi connectivity index (χ4n) is 7.19. The Bertz CT molecular complexity index is 398. The first-order valence-electron chi connectivity index (χ1n) is 19.9. The first-order chi connectivity index (χ1) is 20.2. The van der Waals surface area contributed by atoms with Crippen LogP contribution in [0.4, 0.5) is 0 Å². The summed E-state index contributed by atoms with van der Waals surface area (Å²) in [5.74, 6) is 0. The number of hydrogen-bond acceptors (Lipinski definition) is 1. The zero-order valence-electron chi connectivity index (χ0n) is 29.5. The first-order valence-corrected chi connectivity index (χ1v) is 19.9. The zero-order valence-corrected chi connectivity index (χ0v) is 29.5. The highest BCUT2D eigenvalue weighted by Crippen LogP contribution is 2.41. The SMILES string of the molecule is CCCCCCCCCCCCC(CCCN)(CCCCCCCCCCCC)CCCCCCCCCCCC. The standard InChI is InChI=1S/C40H83N/c1-4-7-10-13-16-19-22-25-28-31-35-40(38-34-39-41,36-32-29-26-23-20-17-14-11-8-5-2)37-33-30-27-24-21-18-15-12-9-6-3/h4-39,41H2,1-3H3. The second-order valence-corrected chi connectivity index (χ2v) is 14.2. The van der Waals surface area contributed by atoms with E-state index in [0.29, 0.717) is 5.41 Å². The summed E-state index contributed by atoms with van der Waals surface area (Å²) < 4.78 is 0. The smallest absolute Gasteiger partial charge is 0.00771 e. The summed E-state index contributed by atoms with van der Waals surface area (Å²) >= 11 is 0. The van der Waals surface area contributed by atoms with Crippen molar-refractivity contribution < 1.29 is 0 Å². The van der Waals surface area contributed by atoms with Gasteiger partial charge < -0.3 is 5.73 Å². The van der Waals surface area contributed by atoms with Crippen molar-refractivity contribution >= 4 is 0 Å². The average molecular weight is 578 g/mol. The van der Waals surface area contributed by atoms with Crippen LogP contribution in [0.25, 0.3) is 0 Å². The van der Waals surface area contributed by atoms with Gasteiger partial charge in [0.05, 0.1) is 0 Å². The number of unbranched alkanes of at least 4 members (excludes halogenated alkanes) is 27. The minimum Gasteiger partial charge on any atom is -0.330 e. The molecule has 0 aromatic rings. The molecule has 248 valence electrons. The third kappa shape index (κ3) is 29.8. The van der Waals surface area contributed by atoms with Crippen LogP contribution in [-0.2, 0) is 0 Å². The quantitative estimate of drug-likeness (QED) is 0.0736. The molecule has 0 amide bonds. The predicted molar refractivity (Wildman–Crippen MR) is 190 cm³/mol. The van der Waals surface area contributed by atoms with Crippen molar-refractivity contribution in [1.82, 2.24) is 0 Å². The molecular formula is C40H83N. The lowest BCUT2D eigenvalue weighted by atomic mass is 9.71. The molecule has 0 unspecified atom stereocenters. The number of rotatable bonds is 36. The van der Waals surface area contributed by atoms with Gasteiger partial charge in [-0.05, 0) is 44.1 Å². The van der Waals surface area contributed by atoms with Crippen molar-refractivity contribution in [2.75, 3.05) is 6.54 Å². The fourth-order valence-corrected chi connectivity index (χ4v) is 7.19. The summed E-state index contributed by atoms with van der Waals surface area (Å²) in [5.41, 5.74) is 6.69. The molecule has 1 nitrogen and oxygen atoms in total. The fraction of sp³-hybridized carbons (Fsp3) is 1.00. The second kappa shape index (κ2) is 34.5. The molecule has 0 bridgehead atoms. The van der Waals surface area contributed by atoms with Gasteiger partial charge in [-0.3, -0.25) is 0 Å². The molecule has 1 heteroatoms. The topological polar surface area (TPSA) is 26.0 Å². The molecule has 0 aromatic carbocycles. The summed E-state index contributed by atoms with van der Waals surface area (Å²) in [5, 5.41) is 0. The van der Waals surface area contributed by atoms with Crippen molar-refractivity contribution in [2.24, 2.45) is 11.1 Å². The molecule has 0 saturated heterocycles. The van der Waals surface area contributed by atoms with Crippen molar-refractivity contribution in [3.63, 3.8) is 0 Å². The molecular weight excluding hydrogens is 494 g/mol. The van der Waals surface area contributed by atoms with Crippen LogP contribution in [0.15, 0.2) is 0 Å². The predicted octanol–water partition coefficient (Wildman–Crippen LogP) is 14.6. The van der Waals surface area contributed by atoms with E-state index >= 15 is 0 Å². The molecule has 0 aliphatic heterocycles. The van der Waals surface area contributed by atoms with E-state index in [9.17, 15) is 0 Å². The Labute approximate surface area is 262 Å².